The van der Waals surface area contributed by atoms with Crippen molar-refractivity contribution in [1.29, 1.82) is 0 Å². The molecule has 3 heteroatoms. The molecule has 1 fully saturated rings. The van der Waals surface area contributed by atoms with Gasteiger partial charge in [-0.15, -0.1) is 11.3 Å². The van der Waals surface area contributed by atoms with Gasteiger partial charge in [0.25, 0.3) is 0 Å². The van der Waals surface area contributed by atoms with E-state index in [9.17, 15) is 0 Å². The zero-order valence-electron chi connectivity index (χ0n) is 9.84. The Morgan fingerprint density at radius 2 is 2.00 bits per heavy atom. The normalized spacial score (nSPS) is 20.6. The van der Waals surface area contributed by atoms with Crippen LogP contribution in [-0.4, -0.2) is 6.04 Å². The first-order valence-corrected chi connectivity index (χ1v) is 7.93. The van der Waals surface area contributed by atoms with Gasteiger partial charge >= 0.3 is 0 Å². The van der Waals surface area contributed by atoms with E-state index in [1.165, 1.54) is 47.9 Å². The average molecular weight is 302 g/mol. The molecule has 16 heavy (non-hydrogen) atoms. The van der Waals surface area contributed by atoms with E-state index in [-0.39, 0.29) is 0 Å². The molecule has 90 valence electrons. The summed E-state index contributed by atoms with van der Waals surface area (Å²) in [5.41, 5.74) is 0. The molecule has 1 saturated carbocycles. The molecule has 1 nitrogen and oxygen atoms in total. The Morgan fingerprint density at radius 1 is 1.31 bits per heavy atom. The highest BCUT2D eigenvalue weighted by molar-refractivity contribution is 9.10. The summed E-state index contributed by atoms with van der Waals surface area (Å²) < 4.78 is 1.21. The van der Waals surface area contributed by atoms with Gasteiger partial charge < -0.3 is 5.32 Å². The predicted molar refractivity (Wildman–Crippen MR) is 75.1 cm³/mol. The molecule has 0 bridgehead atoms. The minimum atomic E-state index is 0.499. The van der Waals surface area contributed by atoms with Crippen LogP contribution >= 0.6 is 27.3 Å². The number of hydrogen-bond acceptors (Lipinski definition) is 2. The van der Waals surface area contributed by atoms with Crippen molar-refractivity contribution in [3.05, 3.63) is 20.8 Å². The van der Waals surface area contributed by atoms with E-state index in [2.05, 4.69) is 39.6 Å². The van der Waals surface area contributed by atoms with Crippen LogP contribution < -0.4 is 5.32 Å². The third-order valence-corrected chi connectivity index (χ3v) is 5.23. The quantitative estimate of drug-likeness (QED) is 0.784. The average Bonchev–Trinajstić information content (AvgIpc) is 2.54. The van der Waals surface area contributed by atoms with Crippen LogP contribution in [0.2, 0.25) is 0 Å². The van der Waals surface area contributed by atoms with Crippen LogP contribution in [0.25, 0.3) is 0 Å². The van der Waals surface area contributed by atoms with Gasteiger partial charge in [0.05, 0.1) is 0 Å². The molecule has 0 aliphatic heterocycles. The minimum absolute atomic E-state index is 0.499. The molecule has 1 aromatic heterocycles. The summed E-state index contributed by atoms with van der Waals surface area (Å²) in [6.45, 7) is 2.28. The molecular formula is C13H20BrNS. The molecule has 1 aromatic rings. The van der Waals surface area contributed by atoms with Gasteiger partial charge in [0.2, 0.25) is 0 Å². The van der Waals surface area contributed by atoms with Crippen LogP contribution in [-0.2, 0) is 0 Å². The van der Waals surface area contributed by atoms with Crippen molar-refractivity contribution < 1.29 is 0 Å². The molecule has 1 unspecified atom stereocenters. The Kier molecular flexibility index (Phi) is 4.86. The third-order valence-electron chi connectivity index (χ3n) is 3.36. The lowest BCUT2D eigenvalue weighted by Gasteiger charge is -2.21. The van der Waals surface area contributed by atoms with Gasteiger partial charge in [0.1, 0.15) is 0 Å². The minimum Gasteiger partial charge on any atom is -0.307 e. The van der Waals surface area contributed by atoms with Crippen LogP contribution in [0.5, 0.6) is 0 Å². The summed E-state index contributed by atoms with van der Waals surface area (Å²) in [6, 6.07) is 3.47. The molecule has 2 rings (SSSR count). The number of thiophene rings is 1. The highest BCUT2D eigenvalue weighted by atomic mass is 79.9. The lowest BCUT2D eigenvalue weighted by Crippen LogP contribution is -2.30. The molecule has 1 heterocycles. The Labute approximate surface area is 111 Å². The van der Waals surface area contributed by atoms with Gasteiger partial charge in [0.15, 0.2) is 0 Å². The second-order valence-corrected chi connectivity index (χ2v) is 6.60. The molecule has 1 aliphatic carbocycles. The highest BCUT2D eigenvalue weighted by Crippen LogP contribution is 2.27. The van der Waals surface area contributed by atoms with Gasteiger partial charge in [0, 0.05) is 26.8 Å². The molecule has 0 spiro atoms. The van der Waals surface area contributed by atoms with E-state index in [4.69, 9.17) is 0 Å². The van der Waals surface area contributed by atoms with E-state index >= 15 is 0 Å². The summed E-state index contributed by atoms with van der Waals surface area (Å²) in [6.07, 6.45) is 8.37. The fourth-order valence-corrected chi connectivity index (χ4v) is 3.90. The van der Waals surface area contributed by atoms with Crippen LogP contribution in [0, 0.1) is 0 Å². The largest absolute Gasteiger partial charge is 0.307 e. The molecule has 1 N–H and O–H groups in total. The molecule has 0 aromatic carbocycles. The maximum atomic E-state index is 3.78. The van der Waals surface area contributed by atoms with Crippen molar-refractivity contribution in [3.63, 3.8) is 0 Å². The molecule has 0 radical (unpaired) electrons. The van der Waals surface area contributed by atoms with E-state index < -0.39 is 0 Å². The Hall–Kier alpha value is 0.140. The lowest BCUT2D eigenvalue weighted by atomic mass is 10.1. The van der Waals surface area contributed by atoms with E-state index in [0.29, 0.717) is 6.04 Å². The van der Waals surface area contributed by atoms with E-state index in [1.807, 2.05) is 11.3 Å². The van der Waals surface area contributed by atoms with E-state index in [0.717, 1.165) is 6.04 Å². The topological polar surface area (TPSA) is 12.0 Å². The summed E-state index contributed by atoms with van der Waals surface area (Å²) >= 11 is 5.36. The first-order chi connectivity index (χ1) is 7.75. The summed E-state index contributed by atoms with van der Waals surface area (Å²) in [4.78, 5) is 1.44. The van der Waals surface area contributed by atoms with Gasteiger partial charge in [-0.25, -0.2) is 0 Å². The van der Waals surface area contributed by atoms with E-state index in [1.54, 1.807) is 0 Å². The Bertz CT molecular complexity index is 315. The summed E-state index contributed by atoms with van der Waals surface area (Å²) in [7, 11) is 0. The zero-order chi connectivity index (χ0) is 11.4. The maximum Gasteiger partial charge on any atom is 0.0388 e. The first kappa shape index (κ1) is 12.6. The van der Waals surface area contributed by atoms with Crippen LogP contribution in [0.1, 0.15) is 56.4 Å². The van der Waals surface area contributed by atoms with Crippen molar-refractivity contribution in [2.45, 2.75) is 57.5 Å². The van der Waals surface area contributed by atoms with Crippen LogP contribution in [0.4, 0.5) is 0 Å². The Balaban J connectivity index is 1.88. The summed E-state index contributed by atoms with van der Waals surface area (Å²) in [5.74, 6) is 0. The number of rotatable bonds is 3. The molecule has 0 amide bonds. The smallest absolute Gasteiger partial charge is 0.0388 e. The summed E-state index contributed by atoms with van der Waals surface area (Å²) in [5, 5.41) is 5.95. The SMILES string of the molecule is CC(NC1CCCCCC1)c1cc(Br)cs1. The second-order valence-electron chi connectivity index (χ2n) is 4.74. The van der Waals surface area contributed by atoms with Gasteiger partial charge in [-0.3, -0.25) is 0 Å². The van der Waals surface area contributed by atoms with Crippen molar-refractivity contribution >= 4 is 27.3 Å². The molecular weight excluding hydrogens is 282 g/mol. The van der Waals surface area contributed by atoms with Crippen molar-refractivity contribution in [2.75, 3.05) is 0 Å². The van der Waals surface area contributed by atoms with Crippen molar-refractivity contribution in [2.24, 2.45) is 0 Å². The zero-order valence-corrected chi connectivity index (χ0v) is 12.2. The fraction of sp³-hybridized carbons (Fsp3) is 0.692. The fourth-order valence-electron chi connectivity index (χ4n) is 2.44. The number of halogens is 1. The number of hydrogen-bond donors (Lipinski definition) is 1. The monoisotopic (exact) mass is 301 g/mol. The van der Waals surface area contributed by atoms with Crippen molar-refractivity contribution in [3.8, 4) is 0 Å². The van der Waals surface area contributed by atoms with Gasteiger partial charge in [-0.1, -0.05) is 25.7 Å². The molecule has 1 atom stereocenters. The maximum absolute atomic E-state index is 3.78. The second kappa shape index (κ2) is 6.18. The van der Waals surface area contributed by atoms with Crippen LogP contribution in [0.3, 0.4) is 0 Å². The van der Waals surface area contributed by atoms with Gasteiger partial charge in [-0.2, -0.15) is 0 Å². The lowest BCUT2D eigenvalue weighted by molar-refractivity contribution is 0.417. The first-order valence-electron chi connectivity index (χ1n) is 6.25. The number of nitrogens with one attached hydrogen (secondary N) is 1. The van der Waals surface area contributed by atoms with Gasteiger partial charge in [-0.05, 0) is 41.8 Å². The molecule has 0 saturated heterocycles. The third kappa shape index (κ3) is 3.57. The van der Waals surface area contributed by atoms with Crippen molar-refractivity contribution in [1.82, 2.24) is 5.32 Å². The highest BCUT2D eigenvalue weighted by Gasteiger charge is 2.16. The predicted octanol–water partition coefficient (Wildman–Crippen LogP) is 4.88. The standard InChI is InChI=1S/C13H20BrNS/c1-10(13-8-11(14)9-16-13)15-12-6-4-2-3-5-7-12/h8-10,12,15H,2-7H2,1H3. The van der Waals surface area contributed by atoms with Crippen LogP contribution in [0.15, 0.2) is 15.9 Å². The Morgan fingerprint density at radius 3 is 2.56 bits per heavy atom. The molecule has 1 aliphatic rings.